The lowest BCUT2D eigenvalue weighted by Crippen LogP contribution is -2.09. The van der Waals surface area contributed by atoms with E-state index >= 15 is 0 Å². The van der Waals surface area contributed by atoms with Gasteiger partial charge in [-0.3, -0.25) is 10.1 Å². The summed E-state index contributed by atoms with van der Waals surface area (Å²) in [4.78, 5) is 27.4. The van der Waals surface area contributed by atoms with E-state index in [0.29, 0.717) is 18.6 Å². The molecule has 2 aromatic rings. The highest BCUT2D eigenvalue weighted by Crippen LogP contribution is 2.25. The number of rotatable bonds is 13. The molecule has 0 spiro atoms. The SMILES string of the molecule is C=CCCCc1cc([N+](=O)[O-])cc2nc(OCCCCCCCC)oc(=O)c12. The number of nitro benzene ring substituents is 1. The highest BCUT2D eigenvalue weighted by Gasteiger charge is 2.17. The summed E-state index contributed by atoms with van der Waals surface area (Å²) in [6.45, 7) is 6.24. The van der Waals surface area contributed by atoms with Gasteiger partial charge in [0, 0.05) is 12.1 Å². The number of nitro groups is 1. The zero-order valence-corrected chi connectivity index (χ0v) is 16.4. The second kappa shape index (κ2) is 11.2. The Morgan fingerprint density at radius 1 is 1.21 bits per heavy atom. The fourth-order valence-electron chi connectivity index (χ4n) is 3.09. The molecule has 0 aliphatic carbocycles. The smallest absolute Gasteiger partial charge is 0.397 e. The lowest BCUT2D eigenvalue weighted by Gasteiger charge is -2.07. The molecule has 2 rings (SSSR count). The van der Waals surface area contributed by atoms with Crippen molar-refractivity contribution in [3.05, 3.63) is 50.9 Å². The molecule has 0 N–H and O–H groups in total. The topological polar surface area (TPSA) is 95.5 Å². The minimum atomic E-state index is -0.577. The molecule has 7 nitrogen and oxygen atoms in total. The number of unbranched alkanes of at least 4 members (excludes halogenated alkanes) is 6. The van der Waals surface area contributed by atoms with E-state index in [4.69, 9.17) is 9.15 Å². The van der Waals surface area contributed by atoms with Gasteiger partial charge in [-0.1, -0.05) is 45.1 Å². The van der Waals surface area contributed by atoms with Crippen molar-refractivity contribution in [3.8, 4) is 6.08 Å². The van der Waals surface area contributed by atoms with Crippen molar-refractivity contribution in [2.24, 2.45) is 0 Å². The Bertz CT molecular complexity index is 860. The first kappa shape index (κ1) is 21.6. The summed E-state index contributed by atoms with van der Waals surface area (Å²) in [5.41, 5.74) is 0.124. The second-order valence-electron chi connectivity index (χ2n) is 6.82. The summed E-state index contributed by atoms with van der Waals surface area (Å²) in [5.74, 6) is 0. The Morgan fingerprint density at radius 2 is 1.96 bits per heavy atom. The summed E-state index contributed by atoms with van der Waals surface area (Å²) < 4.78 is 10.7. The van der Waals surface area contributed by atoms with Crippen LogP contribution >= 0.6 is 0 Å². The van der Waals surface area contributed by atoms with Crippen molar-refractivity contribution in [1.29, 1.82) is 0 Å². The van der Waals surface area contributed by atoms with E-state index in [1.807, 2.05) is 0 Å². The van der Waals surface area contributed by atoms with E-state index in [9.17, 15) is 14.9 Å². The molecule has 0 aliphatic rings. The number of hydrogen-bond acceptors (Lipinski definition) is 6. The van der Waals surface area contributed by atoms with Crippen LogP contribution in [0.4, 0.5) is 5.69 Å². The predicted octanol–water partition coefficient (Wildman–Crippen LogP) is 5.34. The highest BCUT2D eigenvalue weighted by atomic mass is 16.6. The number of non-ortho nitro benzene ring substituents is 1. The average molecular weight is 388 g/mol. The third-order valence-electron chi connectivity index (χ3n) is 4.57. The molecule has 0 aliphatic heterocycles. The molecule has 0 fully saturated rings. The van der Waals surface area contributed by atoms with Gasteiger partial charge >= 0.3 is 11.7 Å². The van der Waals surface area contributed by atoms with Crippen molar-refractivity contribution < 1.29 is 14.1 Å². The largest absolute Gasteiger partial charge is 0.450 e. The van der Waals surface area contributed by atoms with Gasteiger partial charge in [0.2, 0.25) is 0 Å². The molecule has 0 atom stereocenters. The molecule has 0 amide bonds. The van der Waals surface area contributed by atoms with Crippen LogP contribution in [0.25, 0.3) is 10.9 Å². The molecular formula is C21H28N2O5. The number of nitrogens with zero attached hydrogens (tertiary/aromatic N) is 2. The van der Waals surface area contributed by atoms with Crippen molar-refractivity contribution >= 4 is 16.6 Å². The molecule has 0 unspecified atom stereocenters. The van der Waals surface area contributed by atoms with Gasteiger partial charge in [0.1, 0.15) is 0 Å². The second-order valence-corrected chi connectivity index (χ2v) is 6.82. The summed E-state index contributed by atoms with van der Waals surface area (Å²) >= 11 is 0. The van der Waals surface area contributed by atoms with Crippen molar-refractivity contribution in [1.82, 2.24) is 4.98 Å². The van der Waals surface area contributed by atoms with Crippen molar-refractivity contribution in [3.63, 3.8) is 0 Å². The molecule has 0 saturated carbocycles. The number of allylic oxidation sites excluding steroid dienone is 1. The monoisotopic (exact) mass is 388 g/mol. The average Bonchev–Trinajstić information content (AvgIpc) is 2.67. The van der Waals surface area contributed by atoms with Crippen LogP contribution < -0.4 is 10.4 Å². The lowest BCUT2D eigenvalue weighted by atomic mass is 10.0. The number of aromatic nitrogens is 1. The summed E-state index contributed by atoms with van der Waals surface area (Å²) in [7, 11) is 0. The molecule has 0 bridgehead atoms. The number of ether oxygens (including phenoxy) is 1. The number of hydrogen-bond donors (Lipinski definition) is 0. The van der Waals surface area contributed by atoms with E-state index in [1.54, 1.807) is 6.08 Å². The van der Waals surface area contributed by atoms with Gasteiger partial charge in [-0.2, -0.15) is 4.98 Å². The highest BCUT2D eigenvalue weighted by molar-refractivity contribution is 5.83. The standard InChI is InChI=1S/C21H28N2O5/c1-3-5-7-8-9-11-13-27-21-22-18-15-17(23(25)26)14-16(12-10-6-4-2)19(18)20(24)28-21/h4,14-15H,2-3,5-13H2,1H3. The van der Waals surface area contributed by atoms with Gasteiger partial charge in [-0.15, -0.1) is 6.58 Å². The third-order valence-corrected chi connectivity index (χ3v) is 4.57. The van der Waals surface area contributed by atoms with Gasteiger partial charge in [0.25, 0.3) is 5.69 Å². The third kappa shape index (κ3) is 6.18. The Labute approximate surface area is 164 Å². The zero-order valence-electron chi connectivity index (χ0n) is 16.4. The predicted molar refractivity (Wildman–Crippen MR) is 109 cm³/mol. The van der Waals surface area contributed by atoms with Crippen LogP contribution in [0.3, 0.4) is 0 Å². The fraction of sp³-hybridized carbons (Fsp3) is 0.524. The van der Waals surface area contributed by atoms with E-state index in [2.05, 4.69) is 18.5 Å². The maximum absolute atomic E-state index is 12.5. The molecule has 7 heteroatoms. The van der Waals surface area contributed by atoms with Gasteiger partial charge in [-0.05, 0) is 31.2 Å². The Kier molecular flexibility index (Phi) is 8.65. The van der Waals surface area contributed by atoms with Crippen LogP contribution in [-0.4, -0.2) is 16.5 Å². The van der Waals surface area contributed by atoms with E-state index in [-0.39, 0.29) is 22.7 Å². The summed E-state index contributed by atoms with van der Waals surface area (Å²) in [5, 5.41) is 11.5. The van der Waals surface area contributed by atoms with Gasteiger partial charge < -0.3 is 9.15 Å². The normalized spacial score (nSPS) is 10.9. The minimum absolute atomic E-state index is 0.0962. The fourth-order valence-corrected chi connectivity index (χ4v) is 3.09. The van der Waals surface area contributed by atoms with E-state index in [0.717, 1.165) is 32.1 Å². The molecule has 28 heavy (non-hydrogen) atoms. The Balaban J connectivity index is 2.16. The lowest BCUT2D eigenvalue weighted by molar-refractivity contribution is -0.384. The quantitative estimate of drug-likeness (QED) is 0.199. The number of benzene rings is 1. The van der Waals surface area contributed by atoms with E-state index < -0.39 is 10.5 Å². The molecule has 1 aromatic heterocycles. The van der Waals surface area contributed by atoms with Crippen LogP contribution in [0.2, 0.25) is 0 Å². The van der Waals surface area contributed by atoms with Gasteiger partial charge in [0.05, 0.1) is 22.4 Å². The van der Waals surface area contributed by atoms with Crippen LogP contribution in [-0.2, 0) is 6.42 Å². The first-order chi connectivity index (χ1) is 13.6. The van der Waals surface area contributed by atoms with Crippen molar-refractivity contribution in [2.45, 2.75) is 64.7 Å². The Morgan fingerprint density at radius 3 is 2.68 bits per heavy atom. The molecule has 152 valence electrons. The maximum Gasteiger partial charge on any atom is 0.397 e. The molecule has 1 aromatic carbocycles. The zero-order chi connectivity index (χ0) is 20.4. The first-order valence-electron chi connectivity index (χ1n) is 9.92. The molecule has 0 radical (unpaired) electrons. The molecule has 1 heterocycles. The first-order valence-corrected chi connectivity index (χ1v) is 9.92. The van der Waals surface area contributed by atoms with E-state index in [1.165, 1.54) is 31.4 Å². The summed E-state index contributed by atoms with van der Waals surface area (Å²) in [6.07, 6.45) is 10.3. The van der Waals surface area contributed by atoms with Crippen molar-refractivity contribution in [2.75, 3.05) is 6.61 Å². The van der Waals surface area contributed by atoms with Crippen LogP contribution in [0, 0.1) is 10.1 Å². The minimum Gasteiger partial charge on any atom is -0.450 e. The number of fused-ring (bicyclic) bond motifs is 1. The maximum atomic E-state index is 12.5. The van der Waals surface area contributed by atoms with Crippen LogP contribution in [0.5, 0.6) is 6.08 Å². The van der Waals surface area contributed by atoms with Crippen LogP contribution in [0.1, 0.15) is 63.9 Å². The molecular weight excluding hydrogens is 360 g/mol. The van der Waals surface area contributed by atoms with Gasteiger partial charge in [0.15, 0.2) is 0 Å². The Hall–Kier alpha value is -2.70. The van der Waals surface area contributed by atoms with Crippen LogP contribution in [0.15, 0.2) is 34.0 Å². The van der Waals surface area contributed by atoms with Gasteiger partial charge in [-0.25, -0.2) is 4.79 Å². The summed E-state index contributed by atoms with van der Waals surface area (Å²) in [6, 6.07) is 2.71. The number of aryl methyl sites for hydroxylation is 1. The molecule has 0 saturated heterocycles.